The largest absolute Gasteiger partial charge is 0.353 e. The van der Waals surface area contributed by atoms with Crippen molar-refractivity contribution in [1.82, 2.24) is 5.32 Å². The van der Waals surface area contributed by atoms with E-state index in [0.717, 1.165) is 16.8 Å². The average molecular weight is 250 g/mol. The Bertz CT molecular complexity index is 408. The first-order valence-corrected chi connectivity index (χ1v) is 5.97. The molecule has 2 amide bonds. The van der Waals surface area contributed by atoms with Crippen LogP contribution in [0.3, 0.4) is 0 Å². The number of anilines is 1. The van der Waals surface area contributed by atoms with E-state index in [0.29, 0.717) is 19.9 Å². The number of aryl methyl sites for hydroxylation is 2. The van der Waals surface area contributed by atoms with Crippen molar-refractivity contribution >= 4 is 11.7 Å². The normalized spacial score (nSPS) is 18.7. The smallest absolute Gasteiger partial charge is 0.319 e. The van der Waals surface area contributed by atoms with E-state index in [1.54, 1.807) is 0 Å². The minimum Gasteiger partial charge on any atom is -0.353 e. The molecule has 0 aliphatic carbocycles. The third kappa shape index (κ3) is 3.21. The van der Waals surface area contributed by atoms with Gasteiger partial charge in [0.1, 0.15) is 12.9 Å². The van der Waals surface area contributed by atoms with Gasteiger partial charge in [-0.25, -0.2) is 4.79 Å². The van der Waals surface area contributed by atoms with Gasteiger partial charge in [0.05, 0.1) is 6.61 Å². The molecule has 0 bridgehead atoms. The number of rotatable bonds is 3. The van der Waals surface area contributed by atoms with Crippen molar-refractivity contribution in [1.29, 1.82) is 0 Å². The molecule has 1 heterocycles. The van der Waals surface area contributed by atoms with Crippen LogP contribution in [0.15, 0.2) is 18.2 Å². The maximum absolute atomic E-state index is 11.8. The molecule has 0 unspecified atom stereocenters. The highest BCUT2D eigenvalue weighted by molar-refractivity contribution is 5.90. The van der Waals surface area contributed by atoms with Crippen LogP contribution in [0.25, 0.3) is 0 Å². The van der Waals surface area contributed by atoms with Crippen LogP contribution in [0.5, 0.6) is 0 Å². The highest BCUT2D eigenvalue weighted by Crippen LogP contribution is 2.19. The number of ether oxygens (including phenoxy) is 2. The van der Waals surface area contributed by atoms with Crippen LogP contribution < -0.4 is 10.6 Å². The minimum absolute atomic E-state index is 0.0475. The average Bonchev–Trinajstić information content (AvgIpc) is 2.84. The number of nitrogens with one attached hydrogen (secondary N) is 2. The van der Waals surface area contributed by atoms with Crippen LogP contribution in [0, 0.1) is 13.8 Å². The maximum Gasteiger partial charge on any atom is 0.319 e. The summed E-state index contributed by atoms with van der Waals surface area (Å²) in [5.41, 5.74) is 2.95. The number of amides is 2. The highest BCUT2D eigenvalue weighted by atomic mass is 16.7. The van der Waals surface area contributed by atoms with Gasteiger partial charge in [-0.2, -0.15) is 0 Å². The molecule has 0 aromatic heterocycles. The first-order valence-electron chi connectivity index (χ1n) is 5.97. The summed E-state index contributed by atoms with van der Waals surface area (Å²) >= 11 is 0. The molecule has 1 atom stereocenters. The van der Waals surface area contributed by atoms with Crippen molar-refractivity contribution in [2.24, 2.45) is 0 Å². The Morgan fingerprint density at radius 3 is 2.72 bits per heavy atom. The second-order valence-electron chi connectivity index (χ2n) is 4.38. The van der Waals surface area contributed by atoms with E-state index in [4.69, 9.17) is 9.47 Å². The molecule has 2 rings (SSSR count). The predicted molar refractivity (Wildman–Crippen MR) is 68.6 cm³/mol. The molecular formula is C13H18N2O3. The number of urea groups is 1. The fourth-order valence-corrected chi connectivity index (χ4v) is 1.87. The number of para-hydroxylation sites is 1. The van der Waals surface area contributed by atoms with E-state index in [2.05, 4.69) is 10.6 Å². The third-order valence-electron chi connectivity index (χ3n) is 2.90. The van der Waals surface area contributed by atoms with Crippen LogP contribution in [-0.2, 0) is 9.47 Å². The predicted octanol–water partition coefficient (Wildman–Crippen LogP) is 1.80. The molecule has 0 radical (unpaired) electrons. The fraction of sp³-hybridized carbons (Fsp3) is 0.462. The van der Waals surface area contributed by atoms with Gasteiger partial charge in [-0.05, 0) is 25.0 Å². The zero-order valence-electron chi connectivity index (χ0n) is 10.7. The maximum atomic E-state index is 11.8. The molecule has 1 aromatic carbocycles. The van der Waals surface area contributed by atoms with Gasteiger partial charge in [-0.1, -0.05) is 18.2 Å². The Morgan fingerprint density at radius 2 is 2.11 bits per heavy atom. The van der Waals surface area contributed by atoms with Crippen LogP contribution in [0.2, 0.25) is 0 Å². The number of hydrogen-bond acceptors (Lipinski definition) is 3. The van der Waals surface area contributed by atoms with Gasteiger partial charge in [0.25, 0.3) is 0 Å². The molecule has 1 saturated heterocycles. The number of benzene rings is 1. The lowest BCUT2D eigenvalue weighted by Crippen LogP contribution is -2.36. The molecule has 0 saturated carbocycles. The van der Waals surface area contributed by atoms with Gasteiger partial charge < -0.3 is 20.1 Å². The summed E-state index contributed by atoms with van der Waals surface area (Å²) in [6, 6.07) is 5.69. The van der Waals surface area contributed by atoms with Crippen molar-refractivity contribution < 1.29 is 14.3 Å². The minimum atomic E-state index is -0.220. The molecule has 1 aromatic rings. The Morgan fingerprint density at radius 1 is 1.39 bits per heavy atom. The van der Waals surface area contributed by atoms with Crippen molar-refractivity contribution in [2.45, 2.75) is 20.0 Å². The SMILES string of the molecule is Cc1cccc(C)c1NC(=O)NC[C@H]1COCO1. The van der Waals surface area contributed by atoms with Crippen LogP contribution in [0.1, 0.15) is 11.1 Å². The fourth-order valence-electron chi connectivity index (χ4n) is 1.87. The standard InChI is InChI=1S/C13H18N2O3/c1-9-4-3-5-10(2)12(9)15-13(16)14-6-11-7-17-8-18-11/h3-5,11H,6-8H2,1-2H3,(H2,14,15,16)/t11-/m0/s1. The van der Waals surface area contributed by atoms with E-state index in [1.165, 1.54) is 0 Å². The van der Waals surface area contributed by atoms with E-state index in [-0.39, 0.29) is 12.1 Å². The lowest BCUT2D eigenvalue weighted by molar-refractivity contribution is 0.0476. The zero-order valence-corrected chi connectivity index (χ0v) is 10.7. The summed E-state index contributed by atoms with van der Waals surface area (Å²) in [6.45, 7) is 5.23. The van der Waals surface area contributed by atoms with Gasteiger partial charge in [-0.15, -0.1) is 0 Å². The molecule has 5 heteroatoms. The number of carbonyl (C=O) groups excluding carboxylic acids is 1. The van der Waals surface area contributed by atoms with Gasteiger partial charge in [0, 0.05) is 12.2 Å². The van der Waals surface area contributed by atoms with Crippen LogP contribution in [-0.4, -0.2) is 32.1 Å². The summed E-state index contributed by atoms with van der Waals surface area (Å²) in [7, 11) is 0. The Balaban J connectivity index is 1.86. The molecule has 1 fully saturated rings. The zero-order chi connectivity index (χ0) is 13.0. The van der Waals surface area contributed by atoms with Crippen LogP contribution >= 0.6 is 0 Å². The molecule has 2 N–H and O–H groups in total. The Labute approximate surface area is 106 Å². The molecule has 18 heavy (non-hydrogen) atoms. The number of carbonyl (C=O) groups is 1. The van der Waals surface area contributed by atoms with Crippen molar-refractivity contribution in [3.8, 4) is 0 Å². The number of hydrogen-bond donors (Lipinski definition) is 2. The van der Waals surface area contributed by atoms with E-state index in [9.17, 15) is 4.79 Å². The monoisotopic (exact) mass is 250 g/mol. The van der Waals surface area contributed by atoms with Crippen molar-refractivity contribution in [2.75, 3.05) is 25.3 Å². The molecule has 1 aliphatic rings. The van der Waals surface area contributed by atoms with Gasteiger partial charge in [0.2, 0.25) is 0 Å². The molecular weight excluding hydrogens is 232 g/mol. The van der Waals surface area contributed by atoms with Crippen LogP contribution in [0.4, 0.5) is 10.5 Å². The van der Waals surface area contributed by atoms with Crippen molar-refractivity contribution in [3.63, 3.8) is 0 Å². The van der Waals surface area contributed by atoms with E-state index >= 15 is 0 Å². The van der Waals surface area contributed by atoms with Gasteiger partial charge in [-0.3, -0.25) is 0 Å². The lowest BCUT2D eigenvalue weighted by Gasteiger charge is -2.13. The quantitative estimate of drug-likeness (QED) is 0.860. The van der Waals surface area contributed by atoms with Gasteiger partial charge >= 0.3 is 6.03 Å². The molecule has 5 nitrogen and oxygen atoms in total. The van der Waals surface area contributed by atoms with Crippen molar-refractivity contribution in [3.05, 3.63) is 29.3 Å². The van der Waals surface area contributed by atoms with E-state index < -0.39 is 0 Å². The molecule has 98 valence electrons. The van der Waals surface area contributed by atoms with Gasteiger partial charge in [0.15, 0.2) is 0 Å². The molecule has 1 aliphatic heterocycles. The second-order valence-corrected chi connectivity index (χ2v) is 4.38. The summed E-state index contributed by atoms with van der Waals surface area (Å²) in [6.07, 6.45) is -0.0475. The second kappa shape index (κ2) is 5.84. The first-order chi connectivity index (χ1) is 8.66. The Hall–Kier alpha value is -1.59. The summed E-state index contributed by atoms with van der Waals surface area (Å²) in [4.78, 5) is 11.8. The summed E-state index contributed by atoms with van der Waals surface area (Å²) in [5.74, 6) is 0. The lowest BCUT2D eigenvalue weighted by atomic mass is 10.1. The third-order valence-corrected chi connectivity index (χ3v) is 2.90. The Kier molecular flexibility index (Phi) is 4.17. The summed E-state index contributed by atoms with van der Waals surface area (Å²) < 4.78 is 10.3. The van der Waals surface area contributed by atoms with E-state index in [1.807, 2.05) is 32.0 Å². The summed E-state index contributed by atoms with van der Waals surface area (Å²) in [5, 5.41) is 5.63. The first kappa shape index (κ1) is 12.9. The molecule has 0 spiro atoms. The topological polar surface area (TPSA) is 59.6 Å². The highest BCUT2D eigenvalue weighted by Gasteiger charge is 2.17.